The van der Waals surface area contributed by atoms with Crippen LogP contribution in [0, 0.1) is 17.6 Å². The molecular weight excluding hydrogens is 747 g/mol. The SMILES string of the molecule is CC(C)(O)c1cc2nn(C3CCC(N4CCN(CC5CN(c6cc(F)c([C@H]7CCC(=O)NC7=O)c(F)c6)C5)CC4)CC3)cc2cc1NC(=O)c1cnn2cccnc12. The van der Waals surface area contributed by atoms with Crippen LogP contribution >= 0.6 is 0 Å². The molecule has 1 saturated carbocycles. The number of imide groups is 1. The lowest BCUT2D eigenvalue weighted by Gasteiger charge is -2.46. The fourth-order valence-electron chi connectivity index (χ4n) is 9.38. The fourth-order valence-corrected chi connectivity index (χ4v) is 9.38. The van der Waals surface area contributed by atoms with E-state index in [1.807, 2.05) is 23.2 Å². The van der Waals surface area contributed by atoms with E-state index in [2.05, 4.69) is 35.2 Å². The Morgan fingerprint density at radius 3 is 2.41 bits per heavy atom. The number of halogens is 2. The molecule has 0 bridgehead atoms. The largest absolute Gasteiger partial charge is 0.386 e. The molecule has 0 spiro atoms. The summed E-state index contributed by atoms with van der Waals surface area (Å²) in [6.07, 6.45) is 11.2. The molecular formula is C42H48F2N10O4. The summed E-state index contributed by atoms with van der Waals surface area (Å²) in [5.74, 6) is -3.50. The van der Waals surface area contributed by atoms with Crippen molar-refractivity contribution in [3.8, 4) is 0 Å². The maximum absolute atomic E-state index is 15.1. The molecule has 0 radical (unpaired) electrons. The maximum atomic E-state index is 15.1. The van der Waals surface area contributed by atoms with Crippen LogP contribution in [0.1, 0.15) is 85.8 Å². The van der Waals surface area contributed by atoms with E-state index in [-0.39, 0.29) is 30.4 Å². The first kappa shape index (κ1) is 38.2. The van der Waals surface area contributed by atoms with Crippen LogP contribution in [0.3, 0.4) is 0 Å². The summed E-state index contributed by atoms with van der Waals surface area (Å²) in [7, 11) is 0. The average molecular weight is 795 g/mol. The van der Waals surface area contributed by atoms with Gasteiger partial charge >= 0.3 is 0 Å². The zero-order chi connectivity index (χ0) is 40.3. The second-order valence-electron chi connectivity index (χ2n) is 16.9. The Labute approximate surface area is 334 Å². The molecule has 0 unspecified atom stereocenters. The van der Waals surface area contributed by atoms with Gasteiger partial charge in [-0.3, -0.25) is 29.3 Å². The molecule has 16 heteroatoms. The predicted octanol–water partition coefficient (Wildman–Crippen LogP) is 4.59. The van der Waals surface area contributed by atoms with Gasteiger partial charge in [0.15, 0.2) is 5.65 Å². The molecule has 58 heavy (non-hydrogen) atoms. The van der Waals surface area contributed by atoms with E-state index in [9.17, 15) is 19.5 Å². The number of nitrogens with one attached hydrogen (secondary N) is 2. The van der Waals surface area contributed by atoms with Crippen LogP contribution in [0.15, 0.2) is 55.1 Å². The van der Waals surface area contributed by atoms with Crippen molar-refractivity contribution in [2.24, 2.45) is 5.92 Å². The third-order valence-electron chi connectivity index (χ3n) is 12.5. The monoisotopic (exact) mass is 794 g/mol. The number of aromatic nitrogens is 5. The van der Waals surface area contributed by atoms with Gasteiger partial charge in [0.25, 0.3) is 5.91 Å². The van der Waals surface area contributed by atoms with E-state index in [1.165, 1.54) is 18.3 Å². The third kappa shape index (κ3) is 7.44. The van der Waals surface area contributed by atoms with Crippen molar-refractivity contribution in [3.63, 3.8) is 0 Å². The Morgan fingerprint density at radius 2 is 1.71 bits per heavy atom. The summed E-state index contributed by atoms with van der Waals surface area (Å²) in [6, 6.07) is 8.91. The van der Waals surface area contributed by atoms with E-state index in [1.54, 1.807) is 36.8 Å². The number of piperazine rings is 1. The van der Waals surface area contributed by atoms with E-state index >= 15 is 8.78 Å². The van der Waals surface area contributed by atoms with E-state index in [0.29, 0.717) is 40.1 Å². The first-order chi connectivity index (χ1) is 27.9. The molecule has 3 aliphatic heterocycles. The highest BCUT2D eigenvalue weighted by Crippen LogP contribution is 2.37. The van der Waals surface area contributed by atoms with E-state index in [4.69, 9.17) is 5.10 Å². The van der Waals surface area contributed by atoms with Gasteiger partial charge in [-0.2, -0.15) is 10.2 Å². The van der Waals surface area contributed by atoms with Gasteiger partial charge in [-0.1, -0.05) is 0 Å². The summed E-state index contributed by atoms with van der Waals surface area (Å²) in [6.45, 7) is 9.77. The molecule has 3 aromatic heterocycles. The van der Waals surface area contributed by atoms with Crippen molar-refractivity contribution in [2.45, 2.75) is 76.0 Å². The van der Waals surface area contributed by atoms with Gasteiger partial charge in [-0.15, -0.1) is 0 Å². The molecule has 2 aromatic carbocycles. The highest BCUT2D eigenvalue weighted by atomic mass is 19.1. The Balaban J connectivity index is 0.762. The molecule has 1 aliphatic carbocycles. The smallest absolute Gasteiger partial charge is 0.261 e. The average Bonchev–Trinajstić information content (AvgIpc) is 3.81. The third-order valence-corrected chi connectivity index (χ3v) is 12.5. The van der Waals surface area contributed by atoms with Crippen molar-refractivity contribution >= 4 is 45.6 Å². The van der Waals surface area contributed by atoms with Crippen molar-refractivity contribution in [2.75, 3.05) is 56.0 Å². The molecule has 9 rings (SSSR count). The highest BCUT2D eigenvalue weighted by molar-refractivity contribution is 6.09. The standard InChI is InChI=1S/C42H48F2N10O4/c1-42(2,58)32-19-35-26(16-36(32)47-41(57)31-20-46-53-11-3-10-45-39(31)53)24-54(49-35)28-6-4-27(5-7-28)51-14-12-50(13-15-51)21-25-22-52(23-25)29-17-33(43)38(34(44)18-29)30-8-9-37(55)48-40(30)56/h3,10-11,16-20,24-25,27-28,30,58H,4-9,12-15,21-23H2,1-2H3,(H,47,57)(H,48,55,56)/t27?,28?,30-/m1/s1. The zero-order valence-corrected chi connectivity index (χ0v) is 32.7. The second kappa shape index (κ2) is 15.1. The number of amides is 3. The van der Waals surface area contributed by atoms with Crippen LogP contribution in [0.4, 0.5) is 20.2 Å². The van der Waals surface area contributed by atoms with Gasteiger partial charge in [-0.25, -0.2) is 18.3 Å². The minimum atomic E-state index is -1.23. The quantitative estimate of drug-likeness (QED) is 0.181. The van der Waals surface area contributed by atoms with Crippen molar-refractivity contribution < 1.29 is 28.3 Å². The number of piperidine rings is 1. The zero-order valence-electron chi connectivity index (χ0n) is 32.7. The summed E-state index contributed by atoms with van der Waals surface area (Å²) in [5.41, 5.74) is 1.65. The lowest BCUT2D eigenvalue weighted by atomic mass is 9.89. The van der Waals surface area contributed by atoms with Crippen LogP contribution in [-0.4, -0.2) is 109 Å². The lowest BCUT2D eigenvalue weighted by molar-refractivity contribution is -0.134. The van der Waals surface area contributed by atoms with Crippen LogP contribution in [0.2, 0.25) is 0 Å². The number of carbonyl (C=O) groups is 3. The molecule has 3 amide bonds. The summed E-state index contributed by atoms with van der Waals surface area (Å²) >= 11 is 0. The van der Waals surface area contributed by atoms with Gasteiger partial charge in [-0.05, 0) is 76.3 Å². The number of anilines is 2. The molecule has 4 fully saturated rings. The van der Waals surface area contributed by atoms with Crippen LogP contribution in [0.25, 0.3) is 16.6 Å². The van der Waals surface area contributed by atoms with Gasteiger partial charge in [0, 0.05) is 111 Å². The van der Waals surface area contributed by atoms with Crippen molar-refractivity contribution in [1.82, 2.24) is 39.5 Å². The first-order valence-electron chi connectivity index (χ1n) is 20.3. The number of benzene rings is 2. The fraction of sp³-hybridized carbons (Fsp3) is 0.476. The number of aliphatic hydroxyl groups is 1. The maximum Gasteiger partial charge on any atom is 0.261 e. The topological polar surface area (TPSA) is 153 Å². The van der Waals surface area contributed by atoms with Gasteiger partial charge < -0.3 is 20.2 Å². The number of hydrogen-bond acceptors (Lipinski definition) is 10. The van der Waals surface area contributed by atoms with Crippen molar-refractivity contribution in [3.05, 3.63) is 83.4 Å². The molecule has 304 valence electrons. The van der Waals surface area contributed by atoms with E-state index < -0.39 is 35.0 Å². The predicted molar refractivity (Wildman–Crippen MR) is 212 cm³/mol. The Hall–Kier alpha value is -5.32. The molecule has 5 aromatic rings. The highest BCUT2D eigenvalue weighted by Gasteiger charge is 2.36. The summed E-state index contributed by atoms with van der Waals surface area (Å²) in [4.78, 5) is 48.5. The van der Waals surface area contributed by atoms with Crippen molar-refractivity contribution in [1.29, 1.82) is 0 Å². The lowest BCUT2D eigenvalue weighted by Crippen LogP contribution is -2.56. The molecule has 14 nitrogen and oxygen atoms in total. The number of nitrogens with zero attached hydrogens (tertiary/aromatic N) is 8. The number of carbonyl (C=O) groups excluding carboxylic acids is 3. The molecule has 1 atom stereocenters. The molecule has 4 aliphatic rings. The van der Waals surface area contributed by atoms with Crippen LogP contribution in [0.5, 0.6) is 0 Å². The number of rotatable bonds is 9. The Kier molecular flexibility index (Phi) is 9.96. The second-order valence-corrected chi connectivity index (χ2v) is 16.9. The van der Waals surface area contributed by atoms with E-state index in [0.717, 1.165) is 82.4 Å². The molecule has 6 heterocycles. The van der Waals surface area contributed by atoms with Gasteiger partial charge in [0.2, 0.25) is 11.8 Å². The summed E-state index contributed by atoms with van der Waals surface area (Å²) in [5, 5.41) is 26.3. The Bertz CT molecular complexity index is 2360. The Morgan fingerprint density at radius 1 is 0.983 bits per heavy atom. The minimum absolute atomic E-state index is 0.0645. The first-order valence-corrected chi connectivity index (χ1v) is 20.3. The van der Waals surface area contributed by atoms with Crippen LogP contribution in [-0.2, 0) is 15.2 Å². The molecule has 3 saturated heterocycles. The minimum Gasteiger partial charge on any atom is -0.386 e. The number of fused-ring (bicyclic) bond motifs is 2. The van der Waals surface area contributed by atoms with Gasteiger partial charge in [0.05, 0.1) is 29.3 Å². The summed E-state index contributed by atoms with van der Waals surface area (Å²) < 4.78 is 33.8. The van der Waals surface area contributed by atoms with Crippen LogP contribution < -0.4 is 15.5 Å². The normalized spacial score (nSPS) is 22.7. The number of hydrogen-bond donors (Lipinski definition) is 3. The molecule has 3 N–H and O–H groups in total. The van der Waals surface area contributed by atoms with Gasteiger partial charge in [0.1, 0.15) is 17.2 Å².